The molecule has 0 atom stereocenters. The standard InChI is InChI=1S/C15H16N2O4/c18-13-4-2-8-5-9(1-3-12(8)17-13)14(19)16-11-6-10(7-11)15(20)21/h1,3,5,10-11H,2,4,6-7H2,(H,16,19)(H,17,18)(H,20,21). The first-order chi connectivity index (χ1) is 10.0. The molecule has 1 aliphatic heterocycles. The number of benzene rings is 1. The summed E-state index contributed by atoms with van der Waals surface area (Å²) in [6.45, 7) is 0. The molecule has 1 aliphatic carbocycles. The number of carboxylic acid groups (broad SMARTS) is 1. The maximum absolute atomic E-state index is 12.1. The van der Waals surface area contributed by atoms with Crippen LogP contribution >= 0.6 is 0 Å². The SMILES string of the molecule is O=C1CCc2cc(C(=O)NC3CC(C(=O)O)C3)ccc2N1. The average Bonchev–Trinajstić information content (AvgIpc) is 2.41. The third-order valence-electron chi connectivity index (χ3n) is 4.09. The van der Waals surface area contributed by atoms with Crippen molar-refractivity contribution >= 4 is 23.5 Å². The van der Waals surface area contributed by atoms with E-state index in [1.54, 1.807) is 18.2 Å². The van der Waals surface area contributed by atoms with Crippen molar-refractivity contribution in [3.05, 3.63) is 29.3 Å². The molecule has 0 saturated heterocycles. The molecule has 110 valence electrons. The molecule has 1 heterocycles. The van der Waals surface area contributed by atoms with Crippen LogP contribution in [-0.2, 0) is 16.0 Å². The van der Waals surface area contributed by atoms with Crippen molar-refractivity contribution in [2.45, 2.75) is 31.7 Å². The highest BCUT2D eigenvalue weighted by Crippen LogP contribution is 2.28. The second-order valence-electron chi connectivity index (χ2n) is 5.60. The summed E-state index contributed by atoms with van der Waals surface area (Å²) in [6, 6.07) is 5.14. The second kappa shape index (κ2) is 5.20. The van der Waals surface area contributed by atoms with Gasteiger partial charge in [-0.3, -0.25) is 14.4 Å². The van der Waals surface area contributed by atoms with Crippen molar-refractivity contribution in [2.24, 2.45) is 5.92 Å². The van der Waals surface area contributed by atoms with Crippen LogP contribution in [0.15, 0.2) is 18.2 Å². The quantitative estimate of drug-likeness (QED) is 0.778. The molecule has 3 N–H and O–H groups in total. The molecule has 1 saturated carbocycles. The zero-order valence-electron chi connectivity index (χ0n) is 11.4. The van der Waals surface area contributed by atoms with Crippen LogP contribution in [0.4, 0.5) is 5.69 Å². The minimum absolute atomic E-state index is 0.00566. The van der Waals surface area contributed by atoms with Crippen LogP contribution in [0.5, 0.6) is 0 Å². The van der Waals surface area contributed by atoms with Gasteiger partial charge in [-0.1, -0.05) is 0 Å². The number of fused-ring (bicyclic) bond motifs is 1. The number of amides is 2. The van der Waals surface area contributed by atoms with Gasteiger partial charge in [0.2, 0.25) is 5.91 Å². The number of anilines is 1. The fourth-order valence-electron chi connectivity index (χ4n) is 2.73. The van der Waals surface area contributed by atoms with E-state index in [1.807, 2.05) is 0 Å². The molecule has 2 aliphatic rings. The number of carbonyl (C=O) groups is 3. The largest absolute Gasteiger partial charge is 0.481 e. The first-order valence-electron chi connectivity index (χ1n) is 6.99. The van der Waals surface area contributed by atoms with E-state index in [4.69, 9.17) is 5.11 Å². The van der Waals surface area contributed by atoms with Crippen molar-refractivity contribution in [3.8, 4) is 0 Å². The van der Waals surface area contributed by atoms with Crippen LogP contribution in [0.1, 0.15) is 35.2 Å². The van der Waals surface area contributed by atoms with E-state index in [2.05, 4.69) is 10.6 Å². The maximum atomic E-state index is 12.1. The summed E-state index contributed by atoms with van der Waals surface area (Å²) in [4.78, 5) is 34.1. The van der Waals surface area contributed by atoms with Crippen molar-refractivity contribution in [1.82, 2.24) is 5.32 Å². The minimum Gasteiger partial charge on any atom is -0.481 e. The van der Waals surface area contributed by atoms with Crippen molar-refractivity contribution in [2.75, 3.05) is 5.32 Å². The lowest BCUT2D eigenvalue weighted by Gasteiger charge is -2.32. The van der Waals surface area contributed by atoms with Gasteiger partial charge >= 0.3 is 5.97 Å². The molecular weight excluding hydrogens is 272 g/mol. The van der Waals surface area contributed by atoms with E-state index in [0.717, 1.165) is 11.3 Å². The van der Waals surface area contributed by atoms with Crippen LogP contribution < -0.4 is 10.6 Å². The molecule has 1 aromatic carbocycles. The molecule has 1 aromatic rings. The number of nitrogens with one attached hydrogen (secondary N) is 2. The van der Waals surface area contributed by atoms with Gasteiger partial charge in [0.15, 0.2) is 0 Å². The average molecular weight is 288 g/mol. The third kappa shape index (κ3) is 2.74. The molecular formula is C15H16N2O4. The Morgan fingerprint density at radius 3 is 2.71 bits per heavy atom. The summed E-state index contributed by atoms with van der Waals surface area (Å²) >= 11 is 0. The summed E-state index contributed by atoms with van der Waals surface area (Å²) in [6.07, 6.45) is 2.04. The molecule has 0 unspecified atom stereocenters. The predicted molar refractivity (Wildman–Crippen MR) is 75.0 cm³/mol. The highest BCUT2D eigenvalue weighted by Gasteiger charge is 2.35. The Bertz CT molecular complexity index is 620. The van der Waals surface area contributed by atoms with Crippen LogP contribution in [0, 0.1) is 5.92 Å². The van der Waals surface area contributed by atoms with Gasteiger partial charge in [-0.05, 0) is 43.0 Å². The lowest BCUT2D eigenvalue weighted by atomic mass is 9.80. The fraction of sp³-hybridized carbons (Fsp3) is 0.400. The predicted octanol–water partition coefficient (Wildman–Crippen LogP) is 1.16. The van der Waals surface area contributed by atoms with E-state index in [-0.39, 0.29) is 23.8 Å². The van der Waals surface area contributed by atoms with Crippen molar-refractivity contribution in [3.63, 3.8) is 0 Å². The molecule has 0 radical (unpaired) electrons. The highest BCUT2D eigenvalue weighted by atomic mass is 16.4. The fourth-order valence-corrected chi connectivity index (χ4v) is 2.73. The molecule has 0 spiro atoms. The van der Waals surface area contributed by atoms with Crippen molar-refractivity contribution in [1.29, 1.82) is 0 Å². The normalized spacial score (nSPS) is 23.5. The summed E-state index contributed by atoms with van der Waals surface area (Å²) in [7, 11) is 0. The summed E-state index contributed by atoms with van der Waals surface area (Å²) in [5, 5.41) is 14.4. The van der Waals surface area contributed by atoms with Crippen LogP contribution in [-0.4, -0.2) is 28.9 Å². The Hall–Kier alpha value is -2.37. The van der Waals surface area contributed by atoms with E-state index >= 15 is 0 Å². The lowest BCUT2D eigenvalue weighted by Crippen LogP contribution is -2.46. The van der Waals surface area contributed by atoms with Crippen LogP contribution in [0.3, 0.4) is 0 Å². The number of carboxylic acids is 1. The lowest BCUT2D eigenvalue weighted by molar-refractivity contribution is -0.145. The van der Waals surface area contributed by atoms with Crippen LogP contribution in [0.2, 0.25) is 0 Å². The topological polar surface area (TPSA) is 95.5 Å². The molecule has 2 amide bonds. The summed E-state index contributed by atoms with van der Waals surface area (Å²) in [5.74, 6) is -1.34. The summed E-state index contributed by atoms with van der Waals surface area (Å²) < 4.78 is 0. The molecule has 21 heavy (non-hydrogen) atoms. The molecule has 6 nitrogen and oxygen atoms in total. The van der Waals surface area contributed by atoms with E-state index in [9.17, 15) is 14.4 Å². The Kier molecular flexibility index (Phi) is 3.37. The van der Waals surface area contributed by atoms with Gasteiger partial charge in [0.25, 0.3) is 5.91 Å². The third-order valence-corrected chi connectivity index (χ3v) is 4.09. The Balaban J connectivity index is 1.63. The maximum Gasteiger partial charge on any atom is 0.306 e. The van der Waals surface area contributed by atoms with Gasteiger partial charge in [-0.15, -0.1) is 0 Å². The molecule has 0 aromatic heterocycles. The number of rotatable bonds is 3. The monoisotopic (exact) mass is 288 g/mol. The number of hydrogen-bond donors (Lipinski definition) is 3. The molecule has 0 bridgehead atoms. The number of aliphatic carboxylic acids is 1. The molecule has 3 rings (SSSR count). The second-order valence-corrected chi connectivity index (χ2v) is 5.60. The van der Waals surface area contributed by atoms with Gasteiger partial charge in [-0.25, -0.2) is 0 Å². The Labute approximate surface area is 121 Å². The number of hydrogen-bond acceptors (Lipinski definition) is 3. The number of carbonyl (C=O) groups excluding carboxylic acids is 2. The van der Waals surface area contributed by atoms with Crippen LogP contribution in [0.25, 0.3) is 0 Å². The Morgan fingerprint density at radius 2 is 2.00 bits per heavy atom. The van der Waals surface area contributed by atoms with E-state index in [1.165, 1.54) is 0 Å². The molecule has 6 heteroatoms. The van der Waals surface area contributed by atoms with Gasteiger partial charge in [0, 0.05) is 23.7 Å². The zero-order valence-corrected chi connectivity index (χ0v) is 11.4. The van der Waals surface area contributed by atoms with Crippen molar-refractivity contribution < 1.29 is 19.5 Å². The first-order valence-corrected chi connectivity index (χ1v) is 6.99. The zero-order chi connectivity index (χ0) is 15.0. The minimum atomic E-state index is -0.801. The van der Waals surface area contributed by atoms with Gasteiger partial charge in [-0.2, -0.15) is 0 Å². The van der Waals surface area contributed by atoms with E-state index < -0.39 is 5.97 Å². The molecule has 1 fully saturated rings. The number of aryl methyl sites for hydroxylation is 1. The van der Waals surface area contributed by atoms with Gasteiger partial charge in [0.05, 0.1) is 5.92 Å². The first kappa shape index (κ1) is 13.6. The van der Waals surface area contributed by atoms with Gasteiger partial charge in [0.1, 0.15) is 0 Å². The smallest absolute Gasteiger partial charge is 0.306 e. The summed E-state index contributed by atoms with van der Waals surface area (Å²) in [5.41, 5.74) is 2.26. The Morgan fingerprint density at radius 1 is 1.24 bits per heavy atom. The highest BCUT2D eigenvalue weighted by molar-refractivity contribution is 5.98. The van der Waals surface area contributed by atoms with E-state index in [0.29, 0.717) is 31.2 Å². The van der Waals surface area contributed by atoms with Gasteiger partial charge < -0.3 is 15.7 Å².